The monoisotopic (exact) mass is 673 g/mol. The van der Waals surface area contributed by atoms with E-state index in [2.05, 4.69) is 25.2 Å². The number of hydrogen-bond donors (Lipinski definition) is 3. The third-order valence-electron chi connectivity index (χ3n) is 7.32. The number of fused-ring (bicyclic) bond motifs is 2. The number of nitrogens with zero attached hydrogens (tertiary/aromatic N) is 5. The molecule has 17 heteroatoms. The molecule has 0 saturated carbocycles. The van der Waals surface area contributed by atoms with Gasteiger partial charge in [-0.25, -0.2) is 9.37 Å². The number of ether oxygens (including phenoxy) is 4. The second kappa shape index (κ2) is 13.5. The Hall–Kier alpha value is -4.21. The van der Waals surface area contributed by atoms with Crippen molar-refractivity contribution in [3.05, 3.63) is 42.7 Å². The number of hydrogen-bond acceptors (Lipinski definition) is 13. The van der Waals surface area contributed by atoms with Gasteiger partial charge < -0.3 is 34.7 Å². The second-order valence-corrected chi connectivity index (χ2v) is 13.3. The molecule has 4 N–H and O–H groups in total. The highest BCUT2D eigenvalue weighted by molar-refractivity contribution is 7.34. The van der Waals surface area contributed by atoms with E-state index in [1.54, 1.807) is 24.3 Å². The lowest BCUT2D eigenvalue weighted by molar-refractivity contribution is -0.169. The van der Waals surface area contributed by atoms with Crippen molar-refractivity contribution in [3.8, 4) is 17.4 Å². The Bertz CT molecular complexity index is 1800. The Morgan fingerprint density at radius 1 is 1.30 bits per heavy atom. The minimum absolute atomic E-state index is 0.0876. The largest absolute Gasteiger partial charge is 0.574 e. The minimum atomic E-state index is -2.74. The molecule has 2 aromatic carbocycles. The highest BCUT2D eigenvalue weighted by atomic mass is 31.1. The van der Waals surface area contributed by atoms with Crippen molar-refractivity contribution < 1.29 is 42.7 Å². The Balaban J connectivity index is 1.34. The Labute approximate surface area is 270 Å². The van der Waals surface area contributed by atoms with E-state index in [0.29, 0.717) is 5.39 Å². The zero-order valence-corrected chi connectivity index (χ0v) is 27.6. The van der Waals surface area contributed by atoms with E-state index in [9.17, 15) is 14.8 Å². The SMILES string of the molecule is COc1nc(N)nc2c1ncn2[C@@H]1O[C@H](COc2ccc3ccccc3c2O/[P+]([O-])=N\N[C@@H](C)C(=O)OCC(C)(C)C)[C@@H](O)[C@@]1(C)F. The molecule has 1 saturated heterocycles. The average molecular weight is 674 g/mol. The van der Waals surface area contributed by atoms with Crippen molar-refractivity contribution >= 4 is 42.0 Å². The summed E-state index contributed by atoms with van der Waals surface area (Å²) in [6.45, 7) is 8.38. The molecule has 2 aromatic heterocycles. The van der Waals surface area contributed by atoms with Crippen LogP contribution in [0.25, 0.3) is 21.9 Å². The summed E-state index contributed by atoms with van der Waals surface area (Å²) in [5.41, 5.74) is 6.18. The highest BCUT2D eigenvalue weighted by Crippen LogP contribution is 2.44. The number of aliphatic hydroxyl groups excluding tert-OH is 1. The first-order chi connectivity index (χ1) is 22.2. The topological polar surface area (TPSA) is 201 Å². The van der Waals surface area contributed by atoms with Crippen LogP contribution < -0.4 is 30.1 Å². The smallest absolute Gasteiger partial charge is 0.412 e. The molecule has 6 atom stereocenters. The van der Waals surface area contributed by atoms with E-state index in [1.165, 1.54) is 31.9 Å². The summed E-state index contributed by atoms with van der Waals surface area (Å²) in [4.78, 5) is 41.4. The standard InChI is InChI=1S/C30H37FN7O8P/c1-16(26(40)44-14-29(2,3)4)36-37-47(41)46-22-18-10-8-7-9-17(18)11-12-19(22)43-13-20-23(39)30(5,31)27(45-20)38-15-33-21-24(38)34-28(32)35-25(21)42-6/h7-12,15-16,20,23,27,36,39H,13-14H2,1-6H3,(H2,32,34,35)/t16-,20+,23+,27+,30+/m0/s1. The van der Waals surface area contributed by atoms with Gasteiger partial charge in [0.15, 0.2) is 28.8 Å². The molecule has 3 heterocycles. The Morgan fingerprint density at radius 3 is 2.77 bits per heavy atom. The molecule has 1 unspecified atom stereocenters. The first-order valence-corrected chi connectivity index (χ1v) is 15.8. The minimum Gasteiger partial charge on any atom is -0.574 e. The molecular weight excluding hydrogens is 636 g/mol. The van der Waals surface area contributed by atoms with E-state index < -0.39 is 44.3 Å². The summed E-state index contributed by atoms with van der Waals surface area (Å²) in [5.74, 6) is -0.352. The molecule has 1 fully saturated rings. The van der Waals surface area contributed by atoms with Gasteiger partial charge in [-0.05, 0) is 30.7 Å². The lowest BCUT2D eigenvalue weighted by Gasteiger charge is -2.24. The fraction of sp³-hybridized carbons (Fsp3) is 0.467. The lowest BCUT2D eigenvalue weighted by Crippen LogP contribution is -2.41. The van der Waals surface area contributed by atoms with Crippen LogP contribution >= 0.6 is 8.17 Å². The number of benzene rings is 2. The van der Waals surface area contributed by atoms with Gasteiger partial charge >= 0.3 is 14.1 Å². The third kappa shape index (κ3) is 7.36. The molecule has 5 rings (SSSR count). The summed E-state index contributed by atoms with van der Waals surface area (Å²) in [6.07, 6.45) is -2.85. The molecule has 4 aromatic rings. The Kier molecular flexibility index (Phi) is 9.80. The molecule has 0 aliphatic carbocycles. The molecule has 0 spiro atoms. The van der Waals surface area contributed by atoms with Crippen molar-refractivity contribution in [3.63, 3.8) is 0 Å². The first-order valence-electron chi connectivity index (χ1n) is 14.7. The van der Waals surface area contributed by atoms with Crippen LogP contribution in [-0.4, -0.2) is 74.8 Å². The number of esters is 1. The molecule has 0 amide bonds. The van der Waals surface area contributed by atoms with Crippen LogP contribution in [0, 0.1) is 5.41 Å². The number of aliphatic hydroxyl groups is 1. The van der Waals surface area contributed by atoms with Crippen LogP contribution in [0.2, 0.25) is 0 Å². The van der Waals surface area contributed by atoms with Crippen molar-refractivity contribution in [1.29, 1.82) is 0 Å². The Morgan fingerprint density at radius 2 is 2.04 bits per heavy atom. The van der Waals surface area contributed by atoms with Gasteiger partial charge in [-0.2, -0.15) is 15.4 Å². The van der Waals surface area contributed by atoms with Gasteiger partial charge in [0.05, 0.1) is 20.0 Å². The average Bonchev–Trinajstić information content (AvgIpc) is 3.54. The maximum absolute atomic E-state index is 16.1. The van der Waals surface area contributed by atoms with E-state index in [0.717, 1.165) is 5.39 Å². The number of nitrogens with two attached hydrogens (primary N) is 1. The van der Waals surface area contributed by atoms with E-state index in [-0.39, 0.29) is 53.1 Å². The summed E-state index contributed by atoms with van der Waals surface area (Å²) < 4.78 is 45.6. The van der Waals surface area contributed by atoms with Crippen molar-refractivity contribution in [2.75, 3.05) is 26.1 Å². The number of carbonyl (C=O) groups is 1. The van der Waals surface area contributed by atoms with E-state index in [4.69, 9.17) is 29.2 Å². The highest BCUT2D eigenvalue weighted by Gasteiger charge is 2.55. The van der Waals surface area contributed by atoms with Crippen molar-refractivity contribution in [2.24, 2.45) is 10.3 Å². The van der Waals surface area contributed by atoms with Gasteiger partial charge in [-0.1, -0.05) is 51.1 Å². The summed E-state index contributed by atoms with van der Waals surface area (Å²) in [7, 11) is -1.36. The summed E-state index contributed by atoms with van der Waals surface area (Å²) in [6, 6.07) is 9.61. The lowest BCUT2D eigenvalue weighted by atomic mass is 9.98. The molecule has 1 aliphatic heterocycles. The molecule has 15 nitrogen and oxygen atoms in total. The van der Waals surface area contributed by atoms with E-state index >= 15 is 4.39 Å². The van der Waals surface area contributed by atoms with Crippen LogP contribution in [0.4, 0.5) is 10.3 Å². The van der Waals surface area contributed by atoms with Crippen LogP contribution in [0.3, 0.4) is 0 Å². The molecule has 47 heavy (non-hydrogen) atoms. The fourth-order valence-corrected chi connectivity index (χ4v) is 5.52. The number of nitrogen functional groups attached to an aromatic ring is 1. The number of imidazole rings is 1. The van der Waals surface area contributed by atoms with Crippen molar-refractivity contribution in [2.45, 2.75) is 64.8 Å². The molecule has 252 valence electrons. The zero-order valence-electron chi connectivity index (χ0n) is 26.7. The number of methoxy groups -OCH3 is 1. The van der Waals surface area contributed by atoms with Crippen molar-refractivity contribution in [1.82, 2.24) is 24.9 Å². The number of anilines is 1. The predicted molar refractivity (Wildman–Crippen MR) is 168 cm³/mol. The van der Waals surface area contributed by atoms with Gasteiger partial charge in [-0.15, -0.1) is 0 Å². The first kappa shape index (κ1) is 34.1. The molecular formula is C30H37FN7O8P. The van der Waals surface area contributed by atoms with Gasteiger partial charge in [0.2, 0.25) is 17.6 Å². The fourth-order valence-electron chi connectivity index (χ4n) is 4.87. The molecule has 0 radical (unpaired) electrons. The predicted octanol–water partition coefficient (Wildman–Crippen LogP) is 3.35. The summed E-state index contributed by atoms with van der Waals surface area (Å²) in [5, 5.41) is 12.3. The number of carbonyl (C=O) groups excluding carboxylic acids is 1. The van der Waals surface area contributed by atoms with E-state index in [1.807, 2.05) is 32.9 Å². The number of halogens is 1. The number of aromatic nitrogens is 4. The molecule has 1 aliphatic rings. The van der Waals surface area contributed by atoms with Gasteiger partial charge in [0.1, 0.15) is 24.9 Å². The second-order valence-electron chi connectivity index (χ2n) is 12.4. The summed E-state index contributed by atoms with van der Waals surface area (Å²) >= 11 is 0. The number of alkyl halides is 1. The quantitative estimate of drug-likeness (QED) is 0.119. The molecule has 0 bridgehead atoms. The van der Waals surface area contributed by atoms with Crippen LogP contribution in [0.5, 0.6) is 17.4 Å². The van der Waals surface area contributed by atoms with Crippen LogP contribution in [0.1, 0.15) is 40.8 Å². The van der Waals surface area contributed by atoms with Crippen LogP contribution in [-0.2, 0) is 14.3 Å². The normalized spacial score (nSPS) is 22.4. The van der Waals surface area contributed by atoms with Gasteiger partial charge in [-0.3, -0.25) is 13.9 Å². The zero-order chi connectivity index (χ0) is 34.1. The van der Waals surface area contributed by atoms with Gasteiger partial charge in [0, 0.05) is 10.2 Å². The maximum atomic E-state index is 16.1. The number of nitrogens with one attached hydrogen (secondary N) is 1. The number of rotatable bonds is 11. The van der Waals surface area contributed by atoms with Gasteiger partial charge in [0.25, 0.3) is 0 Å². The van der Waals surface area contributed by atoms with Crippen LogP contribution in [0.15, 0.2) is 47.6 Å². The maximum Gasteiger partial charge on any atom is 0.412 e. The third-order valence-corrected chi connectivity index (χ3v) is 7.94.